The van der Waals surface area contributed by atoms with Gasteiger partial charge in [0, 0.05) is 18.5 Å². The number of halogens is 3. The average Bonchev–Trinajstić information content (AvgIpc) is 3.65. The Bertz CT molecular complexity index is 1740. The smallest absolute Gasteiger partial charge is 0.407 e. The van der Waals surface area contributed by atoms with Crippen molar-refractivity contribution in [3.05, 3.63) is 76.7 Å². The Morgan fingerprint density at radius 3 is 2.59 bits per heavy atom. The third-order valence-corrected chi connectivity index (χ3v) is 8.44. The molecule has 13 nitrogen and oxygen atoms in total. The quantitative estimate of drug-likeness (QED) is 0.131. The molecule has 2 aliphatic heterocycles. The molecular formula is C33H38ClF2N9O4. The first-order valence-corrected chi connectivity index (χ1v) is 15.8. The lowest BCUT2D eigenvalue weighted by atomic mass is 9.75. The number of nitrogens with two attached hydrogens (primary N) is 1. The third-order valence-electron chi connectivity index (χ3n) is 8.11. The van der Waals surface area contributed by atoms with Crippen LogP contribution >= 0.6 is 11.6 Å². The van der Waals surface area contributed by atoms with Gasteiger partial charge in [0.2, 0.25) is 0 Å². The van der Waals surface area contributed by atoms with Gasteiger partial charge in [0.15, 0.2) is 17.3 Å². The number of rotatable bonds is 12. The summed E-state index contributed by atoms with van der Waals surface area (Å²) in [4.78, 5) is 38.0. The lowest BCUT2D eigenvalue weighted by Gasteiger charge is -2.35. The fraction of sp³-hybridized carbons (Fsp3) is 0.394. The number of nitrogens with zero attached hydrogens (tertiary/aromatic N) is 6. The number of H-pyrrole nitrogens is 1. The Hall–Kier alpha value is -4.89. The summed E-state index contributed by atoms with van der Waals surface area (Å²) in [5.74, 6) is -0.107. The molecule has 1 aromatic heterocycles. The van der Waals surface area contributed by atoms with E-state index in [1.54, 1.807) is 49.4 Å². The van der Waals surface area contributed by atoms with Crippen molar-refractivity contribution in [2.45, 2.75) is 58.3 Å². The summed E-state index contributed by atoms with van der Waals surface area (Å²) in [6.07, 6.45) is 2.12. The highest BCUT2D eigenvalue weighted by molar-refractivity contribution is 6.33. The minimum atomic E-state index is -2.86. The van der Waals surface area contributed by atoms with E-state index in [1.807, 2.05) is 20.8 Å². The van der Waals surface area contributed by atoms with E-state index in [2.05, 4.69) is 32.3 Å². The topological polar surface area (TPSA) is 163 Å². The van der Waals surface area contributed by atoms with Crippen LogP contribution in [0.1, 0.15) is 56.8 Å². The molecule has 5 rings (SSSR count). The van der Waals surface area contributed by atoms with Crippen molar-refractivity contribution < 1.29 is 27.8 Å². The van der Waals surface area contributed by atoms with Crippen LogP contribution in [0.3, 0.4) is 0 Å². The van der Waals surface area contributed by atoms with Crippen molar-refractivity contribution in [2.24, 2.45) is 21.2 Å². The van der Waals surface area contributed by atoms with Gasteiger partial charge in [-0.25, -0.2) is 19.8 Å². The largest absolute Gasteiger partial charge is 0.447 e. The van der Waals surface area contributed by atoms with E-state index in [9.17, 15) is 18.4 Å². The first-order valence-electron chi connectivity index (χ1n) is 15.4. The number of guanidine groups is 1. The molecule has 0 spiro atoms. The summed E-state index contributed by atoms with van der Waals surface area (Å²) < 4.78 is 37.3. The predicted octanol–water partition coefficient (Wildman–Crippen LogP) is 5.28. The zero-order valence-corrected chi connectivity index (χ0v) is 28.2. The summed E-state index contributed by atoms with van der Waals surface area (Å²) in [7, 11) is 0. The molecular weight excluding hydrogens is 660 g/mol. The van der Waals surface area contributed by atoms with Gasteiger partial charge in [0.05, 0.1) is 30.3 Å². The number of carbonyl (C=O) groups excluding carboxylic acids is 2. The van der Waals surface area contributed by atoms with Gasteiger partial charge in [0.25, 0.3) is 5.91 Å². The van der Waals surface area contributed by atoms with Gasteiger partial charge in [-0.2, -0.15) is 19.0 Å². The van der Waals surface area contributed by atoms with Crippen molar-refractivity contribution in [3.8, 4) is 11.4 Å². The standard InChI is InChI=1S/C33H38ClF2N9O4/c1-19(13-44(38-5)29(35)36)20-6-9-22(10-7-20)33(17-32(2,3)4)28(46)45(30(37)42-33)26(16-49-31(47)41-23-14-48-15-23)21-8-11-25(34)24(12-21)27-39-18-40-43-27/h6-13,18,23,26,29H,5,14-17H2,1-4H3,(H2,37,42)(H,41,47)(H,39,40,43)/b19-13+/t26-,33-/m1/s1. The second-order valence-electron chi connectivity index (χ2n) is 13.0. The highest BCUT2D eigenvalue weighted by Gasteiger charge is 2.53. The molecule has 16 heteroatoms. The number of alkyl halides is 2. The number of hydrazone groups is 1. The van der Waals surface area contributed by atoms with Crippen LogP contribution in [-0.4, -0.2) is 82.2 Å². The maximum absolute atomic E-state index is 14.9. The van der Waals surface area contributed by atoms with E-state index in [-0.39, 0.29) is 25.0 Å². The highest BCUT2D eigenvalue weighted by atomic mass is 35.5. The van der Waals surface area contributed by atoms with Gasteiger partial charge in [-0.05, 0) is 53.2 Å². The number of hydrogen-bond acceptors (Lipinski definition) is 10. The minimum absolute atomic E-state index is 0.0726. The first kappa shape index (κ1) is 35.4. The van der Waals surface area contributed by atoms with Crippen LogP contribution in [0.2, 0.25) is 5.02 Å². The predicted molar refractivity (Wildman–Crippen MR) is 180 cm³/mol. The number of carbonyl (C=O) groups is 2. The zero-order valence-electron chi connectivity index (χ0n) is 27.5. The molecule has 2 aliphatic rings. The second kappa shape index (κ2) is 14.3. The van der Waals surface area contributed by atoms with Crippen LogP contribution in [0.4, 0.5) is 13.6 Å². The fourth-order valence-electron chi connectivity index (χ4n) is 5.78. The van der Waals surface area contributed by atoms with Gasteiger partial charge in [-0.1, -0.05) is 62.7 Å². The number of ether oxygens (including phenoxy) is 2. The number of benzene rings is 2. The number of alkyl carbamates (subject to hydrolysis) is 1. The molecule has 49 heavy (non-hydrogen) atoms. The summed E-state index contributed by atoms with van der Waals surface area (Å²) in [6.45, 7) is 8.42. The van der Waals surface area contributed by atoms with Gasteiger partial charge < -0.3 is 20.5 Å². The molecule has 0 unspecified atom stereocenters. The van der Waals surface area contributed by atoms with Crippen LogP contribution in [0, 0.1) is 5.41 Å². The molecule has 260 valence electrons. The van der Waals surface area contributed by atoms with E-state index in [0.717, 1.165) is 0 Å². The molecule has 1 fully saturated rings. The van der Waals surface area contributed by atoms with E-state index in [4.69, 9.17) is 31.8 Å². The maximum Gasteiger partial charge on any atom is 0.407 e. The van der Waals surface area contributed by atoms with Crippen molar-refractivity contribution in [3.63, 3.8) is 0 Å². The molecule has 2 atom stereocenters. The average molecular weight is 698 g/mol. The van der Waals surface area contributed by atoms with Crippen molar-refractivity contribution in [2.75, 3.05) is 19.8 Å². The molecule has 3 aromatic rings. The van der Waals surface area contributed by atoms with Crippen LogP contribution in [0.25, 0.3) is 17.0 Å². The Balaban J connectivity index is 1.54. The van der Waals surface area contributed by atoms with Crippen molar-refractivity contribution in [1.29, 1.82) is 0 Å². The number of aromatic nitrogens is 3. The summed E-state index contributed by atoms with van der Waals surface area (Å²) in [5.41, 5.74) is 7.48. The Kier molecular flexibility index (Phi) is 10.3. The molecule has 1 saturated heterocycles. The van der Waals surface area contributed by atoms with Gasteiger partial charge >= 0.3 is 12.6 Å². The highest BCUT2D eigenvalue weighted by Crippen LogP contribution is 2.45. The van der Waals surface area contributed by atoms with E-state index in [0.29, 0.717) is 56.9 Å². The lowest BCUT2D eigenvalue weighted by molar-refractivity contribution is -0.135. The molecule has 0 aliphatic carbocycles. The number of nitrogens with one attached hydrogen (secondary N) is 2. The third kappa shape index (κ3) is 7.73. The summed E-state index contributed by atoms with van der Waals surface area (Å²) in [6, 6.07) is 10.9. The van der Waals surface area contributed by atoms with Crippen LogP contribution < -0.4 is 11.1 Å². The molecule has 0 radical (unpaired) electrons. The van der Waals surface area contributed by atoms with Crippen LogP contribution in [0.5, 0.6) is 0 Å². The number of amides is 2. The molecule has 0 bridgehead atoms. The molecule has 4 N–H and O–H groups in total. The fourth-order valence-corrected chi connectivity index (χ4v) is 5.99. The number of allylic oxidation sites excluding steroid dienone is 1. The maximum atomic E-state index is 14.9. The number of aliphatic imine (C=N–C) groups is 1. The Morgan fingerprint density at radius 1 is 1.31 bits per heavy atom. The van der Waals surface area contributed by atoms with E-state index >= 15 is 0 Å². The van der Waals surface area contributed by atoms with Crippen LogP contribution in [-0.2, 0) is 19.8 Å². The minimum Gasteiger partial charge on any atom is -0.447 e. The molecule has 2 aromatic carbocycles. The summed E-state index contributed by atoms with van der Waals surface area (Å²) in [5, 5.41) is 13.6. The lowest BCUT2D eigenvalue weighted by Crippen LogP contribution is -2.50. The SMILES string of the molecule is C=NN(/C=C(\C)c1ccc([C@@]2(CC(C)(C)C)N=C(N)N([C@H](COC(=O)NC3COC3)c3ccc(Cl)c(-c4ncn[nH]4)c3)C2=O)cc1)C(F)F. The van der Waals surface area contributed by atoms with E-state index < -0.39 is 35.5 Å². The van der Waals surface area contributed by atoms with E-state index in [1.165, 1.54) is 17.4 Å². The molecule has 3 heterocycles. The van der Waals surface area contributed by atoms with Crippen molar-refractivity contribution >= 4 is 41.9 Å². The Morgan fingerprint density at radius 2 is 2.02 bits per heavy atom. The zero-order chi connectivity index (χ0) is 35.5. The summed E-state index contributed by atoms with van der Waals surface area (Å²) >= 11 is 6.52. The van der Waals surface area contributed by atoms with Crippen LogP contribution in [0.15, 0.2) is 65.1 Å². The first-order chi connectivity index (χ1) is 23.2. The van der Waals surface area contributed by atoms with Gasteiger partial charge in [-0.15, -0.1) is 0 Å². The van der Waals surface area contributed by atoms with Crippen molar-refractivity contribution in [1.82, 2.24) is 30.4 Å². The molecule has 0 saturated carbocycles. The molecule has 2 amide bonds. The number of hydrogen-bond donors (Lipinski definition) is 3. The normalized spacial score (nSPS) is 19.0. The Labute approximate surface area is 287 Å². The second-order valence-corrected chi connectivity index (χ2v) is 13.4. The number of aromatic amines is 1. The van der Waals surface area contributed by atoms with Gasteiger partial charge in [-0.3, -0.25) is 14.8 Å². The van der Waals surface area contributed by atoms with Gasteiger partial charge in [0.1, 0.15) is 12.9 Å². The monoisotopic (exact) mass is 697 g/mol.